The van der Waals surface area contributed by atoms with Crippen molar-refractivity contribution in [1.29, 1.82) is 0 Å². The molecule has 138 valence electrons. The topological polar surface area (TPSA) is 55.4 Å². The molecule has 0 radical (unpaired) electrons. The van der Waals surface area contributed by atoms with Crippen LogP contribution >= 0.6 is 15.9 Å². The third-order valence-corrected chi connectivity index (χ3v) is 4.44. The van der Waals surface area contributed by atoms with Crippen molar-refractivity contribution in [1.82, 2.24) is 5.32 Å². The number of carbonyl (C=O) groups excluding carboxylic acids is 2. The van der Waals surface area contributed by atoms with Gasteiger partial charge in [-0.3, -0.25) is 4.79 Å². The zero-order chi connectivity index (χ0) is 19.1. The molecular formula is C21H24BrNO3. The average molecular weight is 418 g/mol. The highest BCUT2D eigenvalue weighted by Gasteiger charge is 2.13. The van der Waals surface area contributed by atoms with Gasteiger partial charge in [0.1, 0.15) is 0 Å². The highest BCUT2D eigenvalue weighted by atomic mass is 79.9. The number of esters is 1. The fraction of sp³-hybridized carbons (Fsp3) is 0.333. The molecule has 0 aliphatic heterocycles. The van der Waals surface area contributed by atoms with Gasteiger partial charge in [0.15, 0.2) is 6.61 Å². The van der Waals surface area contributed by atoms with E-state index in [1.165, 1.54) is 5.56 Å². The number of rotatable bonds is 7. The highest BCUT2D eigenvalue weighted by molar-refractivity contribution is 9.10. The molecule has 0 unspecified atom stereocenters. The maximum absolute atomic E-state index is 12.0. The molecule has 0 bridgehead atoms. The number of benzene rings is 2. The van der Waals surface area contributed by atoms with Crippen LogP contribution in [0.4, 0.5) is 0 Å². The lowest BCUT2D eigenvalue weighted by atomic mass is 10.00. The molecule has 0 aliphatic carbocycles. The molecule has 0 spiro atoms. The van der Waals surface area contributed by atoms with Crippen molar-refractivity contribution < 1.29 is 14.3 Å². The Morgan fingerprint density at radius 1 is 1.00 bits per heavy atom. The lowest BCUT2D eigenvalue weighted by Gasteiger charge is -2.15. The Balaban J connectivity index is 1.83. The summed E-state index contributed by atoms with van der Waals surface area (Å²) in [7, 11) is 0. The lowest BCUT2D eigenvalue weighted by molar-refractivity contribution is -0.124. The Bertz CT molecular complexity index is 739. The van der Waals surface area contributed by atoms with E-state index in [1.54, 1.807) is 24.3 Å². The molecule has 1 N–H and O–H groups in total. The van der Waals surface area contributed by atoms with Gasteiger partial charge in [0.2, 0.25) is 0 Å². The molecule has 0 saturated carbocycles. The van der Waals surface area contributed by atoms with Gasteiger partial charge >= 0.3 is 5.97 Å². The van der Waals surface area contributed by atoms with Crippen molar-refractivity contribution in [3.8, 4) is 0 Å². The monoisotopic (exact) mass is 417 g/mol. The SMILES string of the molecule is CC(C)Cc1ccc([C@H](C)NC(=O)COC(=O)c2ccc(Br)cc2)cc1. The molecule has 26 heavy (non-hydrogen) atoms. The molecule has 0 fully saturated rings. The van der Waals surface area contributed by atoms with Crippen LogP contribution in [0.3, 0.4) is 0 Å². The summed E-state index contributed by atoms with van der Waals surface area (Å²) >= 11 is 3.31. The Morgan fingerprint density at radius 2 is 1.62 bits per heavy atom. The molecule has 2 rings (SSSR count). The molecule has 2 aromatic carbocycles. The Kier molecular flexibility index (Phi) is 7.39. The number of nitrogens with one attached hydrogen (secondary N) is 1. The van der Waals surface area contributed by atoms with Gasteiger partial charge in [-0.15, -0.1) is 0 Å². The maximum atomic E-state index is 12.0. The van der Waals surface area contributed by atoms with Crippen LogP contribution in [-0.2, 0) is 16.0 Å². The van der Waals surface area contributed by atoms with Gasteiger partial charge in [0.05, 0.1) is 11.6 Å². The van der Waals surface area contributed by atoms with Gasteiger partial charge < -0.3 is 10.1 Å². The van der Waals surface area contributed by atoms with Crippen LogP contribution in [0.25, 0.3) is 0 Å². The summed E-state index contributed by atoms with van der Waals surface area (Å²) in [6, 6.07) is 14.9. The lowest BCUT2D eigenvalue weighted by Crippen LogP contribution is -2.31. The third kappa shape index (κ3) is 6.30. The summed E-state index contributed by atoms with van der Waals surface area (Å²) in [6.07, 6.45) is 1.03. The number of hydrogen-bond acceptors (Lipinski definition) is 3. The van der Waals surface area contributed by atoms with Gasteiger partial charge in [0.25, 0.3) is 5.91 Å². The Hall–Kier alpha value is -2.14. The van der Waals surface area contributed by atoms with Crippen LogP contribution < -0.4 is 5.32 Å². The molecule has 2 aromatic rings. The van der Waals surface area contributed by atoms with Crippen molar-refractivity contribution in [2.45, 2.75) is 33.2 Å². The van der Waals surface area contributed by atoms with E-state index < -0.39 is 5.97 Å². The van der Waals surface area contributed by atoms with Crippen LogP contribution in [0.5, 0.6) is 0 Å². The molecule has 0 aromatic heterocycles. The summed E-state index contributed by atoms with van der Waals surface area (Å²) in [5.41, 5.74) is 2.71. The number of hydrogen-bond donors (Lipinski definition) is 1. The van der Waals surface area contributed by atoms with Crippen molar-refractivity contribution in [3.63, 3.8) is 0 Å². The number of ether oxygens (including phenoxy) is 1. The Morgan fingerprint density at radius 3 is 2.19 bits per heavy atom. The third-order valence-electron chi connectivity index (χ3n) is 3.92. The van der Waals surface area contributed by atoms with Crippen LogP contribution in [-0.4, -0.2) is 18.5 Å². The molecule has 0 saturated heterocycles. The summed E-state index contributed by atoms with van der Waals surface area (Å²) in [5, 5.41) is 2.85. The number of amides is 1. The minimum atomic E-state index is -0.515. The molecule has 4 nitrogen and oxygen atoms in total. The van der Waals surface area contributed by atoms with Gasteiger partial charge in [-0.05, 0) is 54.7 Å². The van der Waals surface area contributed by atoms with Crippen LogP contribution in [0.15, 0.2) is 53.0 Å². The van der Waals surface area contributed by atoms with Crippen molar-refractivity contribution in [2.24, 2.45) is 5.92 Å². The fourth-order valence-corrected chi connectivity index (χ4v) is 2.85. The molecule has 1 atom stereocenters. The second-order valence-corrected chi connectivity index (χ2v) is 7.63. The largest absolute Gasteiger partial charge is 0.452 e. The second-order valence-electron chi connectivity index (χ2n) is 6.71. The van der Waals surface area contributed by atoms with E-state index in [0.29, 0.717) is 11.5 Å². The highest BCUT2D eigenvalue weighted by Crippen LogP contribution is 2.16. The standard InChI is InChI=1S/C21H24BrNO3/c1-14(2)12-16-4-6-17(7-5-16)15(3)23-20(24)13-26-21(25)18-8-10-19(22)11-9-18/h4-11,14-15H,12-13H2,1-3H3,(H,23,24)/t15-/m0/s1. The van der Waals surface area contributed by atoms with Crippen molar-refractivity contribution in [2.75, 3.05) is 6.61 Å². The first-order chi connectivity index (χ1) is 12.3. The molecule has 0 aliphatic rings. The van der Waals surface area contributed by atoms with E-state index in [9.17, 15) is 9.59 Å². The summed E-state index contributed by atoms with van der Waals surface area (Å²) < 4.78 is 5.94. The molecular weight excluding hydrogens is 394 g/mol. The van der Waals surface area contributed by atoms with Crippen LogP contribution in [0.2, 0.25) is 0 Å². The minimum Gasteiger partial charge on any atom is -0.452 e. The summed E-state index contributed by atoms with van der Waals surface area (Å²) in [5.74, 6) is -0.231. The van der Waals surface area contributed by atoms with Gasteiger partial charge in [-0.2, -0.15) is 0 Å². The first-order valence-electron chi connectivity index (χ1n) is 8.66. The van der Waals surface area contributed by atoms with Gasteiger partial charge in [0, 0.05) is 4.47 Å². The fourth-order valence-electron chi connectivity index (χ4n) is 2.58. The zero-order valence-electron chi connectivity index (χ0n) is 15.3. The molecule has 1 amide bonds. The van der Waals surface area contributed by atoms with E-state index >= 15 is 0 Å². The van der Waals surface area contributed by atoms with E-state index in [0.717, 1.165) is 16.5 Å². The van der Waals surface area contributed by atoms with E-state index in [2.05, 4.69) is 47.2 Å². The number of halogens is 1. The predicted octanol–water partition coefficient (Wildman–Crippen LogP) is 4.68. The smallest absolute Gasteiger partial charge is 0.338 e. The van der Waals surface area contributed by atoms with Crippen molar-refractivity contribution in [3.05, 3.63) is 69.7 Å². The van der Waals surface area contributed by atoms with Crippen LogP contribution in [0.1, 0.15) is 48.3 Å². The second kappa shape index (κ2) is 9.53. The average Bonchev–Trinajstić information content (AvgIpc) is 2.60. The molecule has 5 heteroatoms. The van der Waals surface area contributed by atoms with Crippen molar-refractivity contribution >= 4 is 27.8 Å². The first-order valence-corrected chi connectivity index (χ1v) is 9.45. The maximum Gasteiger partial charge on any atom is 0.338 e. The predicted molar refractivity (Wildman–Crippen MR) is 106 cm³/mol. The zero-order valence-corrected chi connectivity index (χ0v) is 16.9. The summed E-state index contributed by atoms with van der Waals surface area (Å²) in [6.45, 7) is 5.98. The van der Waals surface area contributed by atoms with Crippen LogP contribution in [0, 0.1) is 5.92 Å². The van der Waals surface area contributed by atoms with Gasteiger partial charge in [-0.25, -0.2) is 4.79 Å². The summed E-state index contributed by atoms with van der Waals surface area (Å²) in [4.78, 5) is 24.0. The number of carbonyl (C=O) groups is 2. The Labute approximate surface area is 163 Å². The minimum absolute atomic E-state index is 0.151. The molecule has 0 heterocycles. The van der Waals surface area contributed by atoms with E-state index in [-0.39, 0.29) is 18.6 Å². The first kappa shape index (κ1) is 20.2. The van der Waals surface area contributed by atoms with E-state index in [4.69, 9.17) is 4.74 Å². The van der Waals surface area contributed by atoms with E-state index in [1.807, 2.05) is 19.1 Å². The quantitative estimate of drug-likeness (QED) is 0.665. The normalized spacial score (nSPS) is 11.9. The van der Waals surface area contributed by atoms with Gasteiger partial charge in [-0.1, -0.05) is 54.0 Å².